The smallest absolute Gasteiger partial charge is 0.312 e. The minimum absolute atomic E-state index is 0.215. The van der Waals surface area contributed by atoms with Crippen LogP contribution in [0.4, 0.5) is 0 Å². The van der Waals surface area contributed by atoms with Crippen LogP contribution in [0.1, 0.15) is 19.3 Å². The zero-order chi connectivity index (χ0) is 12.2. The van der Waals surface area contributed by atoms with E-state index >= 15 is 0 Å². The van der Waals surface area contributed by atoms with Gasteiger partial charge >= 0.3 is 5.97 Å². The molecule has 1 aliphatic heterocycles. The van der Waals surface area contributed by atoms with Gasteiger partial charge in [-0.2, -0.15) is 0 Å². The number of carboxylic acid groups (broad SMARTS) is 1. The lowest BCUT2D eigenvalue weighted by Crippen LogP contribution is -2.43. The zero-order valence-electron chi connectivity index (χ0n) is 9.98. The minimum Gasteiger partial charge on any atom is -0.481 e. The third kappa shape index (κ3) is 3.43. The summed E-state index contributed by atoms with van der Waals surface area (Å²) in [6.45, 7) is 1.32. The summed E-state index contributed by atoms with van der Waals surface area (Å²) in [4.78, 5) is 13.1. The molecular weight excluding hydrogens is 210 g/mol. The monoisotopic (exact) mass is 231 g/mol. The first kappa shape index (κ1) is 13.4. The van der Waals surface area contributed by atoms with Gasteiger partial charge in [0, 0.05) is 13.2 Å². The van der Waals surface area contributed by atoms with E-state index in [4.69, 9.17) is 4.74 Å². The maximum atomic E-state index is 11.3. The van der Waals surface area contributed by atoms with Crippen LogP contribution in [0.2, 0.25) is 0 Å². The highest BCUT2D eigenvalue weighted by Gasteiger charge is 2.42. The van der Waals surface area contributed by atoms with Crippen molar-refractivity contribution in [1.82, 2.24) is 4.90 Å². The van der Waals surface area contributed by atoms with Crippen LogP contribution >= 0.6 is 0 Å². The Morgan fingerprint density at radius 3 is 2.69 bits per heavy atom. The Bertz CT molecular complexity index is 236. The van der Waals surface area contributed by atoms with Crippen LogP contribution in [0.25, 0.3) is 0 Å². The number of aliphatic carboxylic acids is 1. The van der Waals surface area contributed by atoms with Gasteiger partial charge in [-0.1, -0.05) is 0 Å². The first-order valence-corrected chi connectivity index (χ1v) is 5.60. The Morgan fingerprint density at radius 2 is 2.25 bits per heavy atom. The number of carbonyl (C=O) groups is 1. The SMILES string of the molecule is CN(C)CC(O)CC1(C(=O)O)CCCOC1. The molecule has 0 amide bonds. The summed E-state index contributed by atoms with van der Waals surface area (Å²) in [5.41, 5.74) is -0.895. The molecule has 2 unspecified atom stereocenters. The van der Waals surface area contributed by atoms with Crippen molar-refractivity contribution >= 4 is 5.97 Å². The summed E-state index contributed by atoms with van der Waals surface area (Å²) in [5, 5.41) is 19.1. The molecule has 1 saturated heterocycles. The summed E-state index contributed by atoms with van der Waals surface area (Å²) in [7, 11) is 3.71. The molecule has 94 valence electrons. The molecule has 0 aromatic rings. The van der Waals surface area contributed by atoms with Crippen LogP contribution in [0.5, 0.6) is 0 Å². The average Bonchev–Trinajstić information content (AvgIpc) is 2.17. The topological polar surface area (TPSA) is 70.0 Å². The number of ether oxygens (including phenoxy) is 1. The van der Waals surface area contributed by atoms with Crippen molar-refractivity contribution in [2.75, 3.05) is 33.9 Å². The van der Waals surface area contributed by atoms with E-state index in [9.17, 15) is 15.0 Å². The predicted molar refractivity (Wildman–Crippen MR) is 59.3 cm³/mol. The molecule has 0 aromatic heterocycles. The normalized spacial score (nSPS) is 28.0. The molecule has 0 saturated carbocycles. The number of hydrogen-bond acceptors (Lipinski definition) is 4. The van der Waals surface area contributed by atoms with Crippen molar-refractivity contribution in [2.24, 2.45) is 5.41 Å². The van der Waals surface area contributed by atoms with Gasteiger partial charge in [0.05, 0.1) is 18.1 Å². The van der Waals surface area contributed by atoms with E-state index in [1.807, 2.05) is 19.0 Å². The van der Waals surface area contributed by atoms with E-state index < -0.39 is 17.5 Å². The second kappa shape index (κ2) is 5.61. The molecular formula is C11H21NO4. The molecule has 0 aromatic carbocycles. The van der Waals surface area contributed by atoms with Crippen LogP contribution in [0.15, 0.2) is 0 Å². The Labute approximate surface area is 96.0 Å². The maximum absolute atomic E-state index is 11.3. The molecule has 0 spiro atoms. The van der Waals surface area contributed by atoms with Crippen LogP contribution < -0.4 is 0 Å². The first-order valence-electron chi connectivity index (χ1n) is 5.60. The Morgan fingerprint density at radius 1 is 1.56 bits per heavy atom. The predicted octanol–water partition coefficient (Wildman–Crippen LogP) is 0.180. The summed E-state index contributed by atoms with van der Waals surface area (Å²) < 4.78 is 5.25. The fourth-order valence-corrected chi connectivity index (χ4v) is 2.21. The van der Waals surface area contributed by atoms with E-state index in [2.05, 4.69) is 0 Å². The quantitative estimate of drug-likeness (QED) is 0.706. The lowest BCUT2D eigenvalue weighted by molar-refractivity contribution is -0.160. The third-order valence-electron chi connectivity index (χ3n) is 2.98. The van der Waals surface area contributed by atoms with E-state index in [-0.39, 0.29) is 13.0 Å². The summed E-state index contributed by atoms with van der Waals surface area (Å²) in [6.07, 6.45) is 0.988. The van der Waals surface area contributed by atoms with Gasteiger partial charge in [0.15, 0.2) is 0 Å². The van der Waals surface area contributed by atoms with Gasteiger partial charge in [0.25, 0.3) is 0 Å². The molecule has 1 aliphatic rings. The Kier molecular flexibility index (Phi) is 4.70. The van der Waals surface area contributed by atoms with Gasteiger partial charge in [-0.15, -0.1) is 0 Å². The van der Waals surface area contributed by atoms with Gasteiger partial charge in [0.1, 0.15) is 0 Å². The second-order valence-electron chi connectivity index (χ2n) is 4.86. The van der Waals surface area contributed by atoms with E-state index in [1.165, 1.54) is 0 Å². The van der Waals surface area contributed by atoms with Crippen LogP contribution in [0.3, 0.4) is 0 Å². The van der Waals surface area contributed by atoms with Gasteiger partial charge in [-0.3, -0.25) is 4.79 Å². The summed E-state index contributed by atoms with van der Waals surface area (Å²) in [6, 6.07) is 0. The fraction of sp³-hybridized carbons (Fsp3) is 0.909. The molecule has 0 radical (unpaired) electrons. The highest BCUT2D eigenvalue weighted by Crippen LogP contribution is 2.34. The van der Waals surface area contributed by atoms with Gasteiger partial charge in [-0.25, -0.2) is 0 Å². The van der Waals surface area contributed by atoms with Crippen molar-refractivity contribution in [3.63, 3.8) is 0 Å². The van der Waals surface area contributed by atoms with Crippen LogP contribution in [-0.2, 0) is 9.53 Å². The Balaban J connectivity index is 2.60. The van der Waals surface area contributed by atoms with Crippen molar-refractivity contribution in [2.45, 2.75) is 25.4 Å². The van der Waals surface area contributed by atoms with Gasteiger partial charge in [0.2, 0.25) is 0 Å². The number of nitrogens with zero attached hydrogens (tertiary/aromatic N) is 1. The summed E-state index contributed by atoms with van der Waals surface area (Å²) >= 11 is 0. The number of aliphatic hydroxyl groups excluding tert-OH is 1. The lowest BCUT2D eigenvalue weighted by atomic mass is 9.77. The largest absolute Gasteiger partial charge is 0.481 e. The first-order chi connectivity index (χ1) is 7.46. The summed E-state index contributed by atoms with van der Waals surface area (Å²) in [5.74, 6) is -0.856. The van der Waals surface area contributed by atoms with E-state index in [0.717, 1.165) is 6.42 Å². The molecule has 1 heterocycles. The maximum Gasteiger partial charge on any atom is 0.312 e. The Hall–Kier alpha value is -0.650. The molecule has 5 nitrogen and oxygen atoms in total. The molecule has 1 fully saturated rings. The molecule has 0 bridgehead atoms. The third-order valence-corrected chi connectivity index (χ3v) is 2.98. The molecule has 0 aliphatic carbocycles. The number of rotatable bonds is 5. The highest BCUT2D eigenvalue weighted by atomic mass is 16.5. The van der Waals surface area contributed by atoms with Crippen molar-refractivity contribution < 1.29 is 19.7 Å². The molecule has 2 atom stereocenters. The van der Waals surface area contributed by atoms with Gasteiger partial charge in [-0.05, 0) is 33.4 Å². The number of likely N-dealkylation sites (N-methyl/N-ethyl adjacent to an activating group) is 1. The van der Waals surface area contributed by atoms with Crippen LogP contribution in [-0.4, -0.2) is 61.0 Å². The minimum atomic E-state index is -0.895. The highest BCUT2D eigenvalue weighted by molar-refractivity contribution is 5.75. The van der Waals surface area contributed by atoms with Crippen LogP contribution in [0, 0.1) is 5.41 Å². The number of aliphatic hydroxyl groups is 1. The van der Waals surface area contributed by atoms with Crippen molar-refractivity contribution in [1.29, 1.82) is 0 Å². The van der Waals surface area contributed by atoms with Gasteiger partial charge < -0.3 is 19.8 Å². The average molecular weight is 231 g/mol. The molecule has 1 rings (SSSR count). The lowest BCUT2D eigenvalue weighted by Gasteiger charge is -2.35. The fourth-order valence-electron chi connectivity index (χ4n) is 2.21. The molecule has 2 N–H and O–H groups in total. The van der Waals surface area contributed by atoms with E-state index in [0.29, 0.717) is 19.6 Å². The zero-order valence-corrected chi connectivity index (χ0v) is 9.98. The number of hydrogen-bond donors (Lipinski definition) is 2. The molecule has 5 heteroatoms. The molecule has 16 heavy (non-hydrogen) atoms. The van der Waals surface area contributed by atoms with Crippen molar-refractivity contribution in [3.05, 3.63) is 0 Å². The number of carboxylic acids is 1. The second-order valence-corrected chi connectivity index (χ2v) is 4.86. The van der Waals surface area contributed by atoms with Crippen molar-refractivity contribution in [3.8, 4) is 0 Å². The van der Waals surface area contributed by atoms with E-state index in [1.54, 1.807) is 0 Å². The standard InChI is InChI=1S/C11H21NO4/c1-12(2)7-9(13)6-11(10(14)15)4-3-5-16-8-11/h9,13H,3-8H2,1-2H3,(H,14,15).